The van der Waals surface area contributed by atoms with Gasteiger partial charge in [0.15, 0.2) is 0 Å². The molecular formula is C20H35N3O3. The zero-order valence-corrected chi connectivity index (χ0v) is 16.3. The van der Waals surface area contributed by atoms with Gasteiger partial charge in [0.25, 0.3) is 0 Å². The molecule has 3 fully saturated rings. The van der Waals surface area contributed by atoms with E-state index in [1.165, 1.54) is 19.4 Å². The van der Waals surface area contributed by atoms with E-state index in [1.807, 2.05) is 4.90 Å². The summed E-state index contributed by atoms with van der Waals surface area (Å²) in [5, 5.41) is 3.26. The smallest absolute Gasteiger partial charge is 0.220 e. The second-order valence-electron chi connectivity index (χ2n) is 8.35. The molecule has 3 rings (SSSR count). The molecule has 1 N–H and O–H groups in total. The molecule has 0 bridgehead atoms. The van der Waals surface area contributed by atoms with Crippen LogP contribution < -0.4 is 5.32 Å². The maximum absolute atomic E-state index is 12.4. The van der Waals surface area contributed by atoms with Crippen molar-refractivity contribution in [3.63, 3.8) is 0 Å². The van der Waals surface area contributed by atoms with E-state index < -0.39 is 0 Å². The molecule has 0 radical (unpaired) electrons. The molecule has 0 saturated carbocycles. The van der Waals surface area contributed by atoms with Crippen LogP contribution in [0.5, 0.6) is 0 Å². The minimum absolute atomic E-state index is 0.153. The lowest BCUT2D eigenvalue weighted by Crippen LogP contribution is -2.46. The van der Waals surface area contributed by atoms with Gasteiger partial charge in [-0.15, -0.1) is 0 Å². The Morgan fingerprint density at radius 1 is 0.923 bits per heavy atom. The Hall–Kier alpha value is -1.14. The van der Waals surface area contributed by atoms with E-state index in [4.69, 9.17) is 4.74 Å². The number of nitrogens with zero attached hydrogens (tertiary/aromatic N) is 2. The molecule has 0 atom stereocenters. The summed E-state index contributed by atoms with van der Waals surface area (Å²) in [6, 6.07) is 0.339. The summed E-state index contributed by atoms with van der Waals surface area (Å²) in [7, 11) is 0. The molecule has 0 aliphatic carbocycles. The number of likely N-dealkylation sites (tertiary alicyclic amines) is 2. The van der Waals surface area contributed by atoms with Crippen molar-refractivity contribution in [3.05, 3.63) is 0 Å². The number of amides is 2. The van der Waals surface area contributed by atoms with Crippen molar-refractivity contribution in [1.82, 2.24) is 15.1 Å². The third-order valence-electron chi connectivity index (χ3n) is 6.34. The number of carbonyl (C=O) groups excluding carboxylic acids is 2. The van der Waals surface area contributed by atoms with Crippen LogP contribution in [0.2, 0.25) is 0 Å². The summed E-state index contributed by atoms with van der Waals surface area (Å²) in [6.45, 7) is 8.46. The molecule has 0 aromatic rings. The molecule has 6 nitrogen and oxygen atoms in total. The van der Waals surface area contributed by atoms with Gasteiger partial charge >= 0.3 is 0 Å². The zero-order chi connectivity index (χ0) is 18.4. The predicted octanol–water partition coefficient (Wildman–Crippen LogP) is 1.64. The quantitative estimate of drug-likeness (QED) is 0.805. The van der Waals surface area contributed by atoms with Gasteiger partial charge in [-0.05, 0) is 50.4 Å². The predicted molar refractivity (Wildman–Crippen MR) is 101 cm³/mol. The van der Waals surface area contributed by atoms with Crippen LogP contribution in [0.25, 0.3) is 0 Å². The van der Waals surface area contributed by atoms with Crippen LogP contribution in [0.1, 0.15) is 51.9 Å². The zero-order valence-electron chi connectivity index (χ0n) is 16.3. The first kappa shape index (κ1) is 19.6. The summed E-state index contributed by atoms with van der Waals surface area (Å²) >= 11 is 0. The van der Waals surface area contributed by atoms with Gasteiger partial charge in [-0.3, -0.25) is 9.59 Å². The third kappa shape index (κ3) is 5.95. The van der Waals surface area contributed by atoms with Crippen molar-refractivity contribution >= 4 is 11.8 Å². The fourth-order valence-electron chi connectivity index (χ4n) is 4.55. The molecule has 148 valence electrons. The molecule has 3 aliphatic heterocycles. The first-order chi connectivity index (χ1) is 12.6. The van der Waals surface area contributed by atoms with Gasteiger partial charge in [-0.1, -0.05) is 0 Å². The lowest BCUT2D eigenvalue weighted by molar-refractivity contribution is -0.130. The van der Waals surface area contributed by atoms with E-state index in [0.717, 1.165) is 71.0 Å². The number of piperidine rings is 2. The molecule has 26 heavy (non-hydrogen) atoms. The summed E-state index contributed by atoms with van der Waals surface area (Å²) in [5.74, 6) is 1.57. The fourth-order valence-corrected chi connectivity index (χ4v) is 4.55. The SMILES string of the molecule is CC(=O)N1CCC(CC(=O)NC2CCN(CC3CCOCC3)CC2)CC1. The lowest BCUT2D eigenvalue weighted by Gasteiger charge is -2.36. The Morgan fingerprint density at radius 2 is 1.58 bits per heavy atom. The number of nitrogens with one attached hydrogen (secondary N) is 1. The van der Waals surface area contributed by atoms with Gasteiger partial charge in [0, 0.05) is 65.3 Å². The second kappa shape index (κ2) is 9.70. The van der Waals surface area contributed by atoms with E-state index in [0.29, 0.717) is 18.4 Å². The average Bonchev–Trinajstić information content (AvgIpc) is 2.64. The molecule has 0 unspecified atom stereocenters. The van der Waals surface area contributed by atoms with Crippen molar-refractivity contribution in [2.75, 3.05) is 45.9 Å². The summed E-state index contributed by atoms with van der Waals surface area (Å²) in [4.78, 5) is 28.2. The van der Waals surface area contributed by atoms with Crippen LogP contribution in [0.3, 0.4) is 0 Å². The first-order valence-electron chi connectivity index (χ1n) is 10.4. The first-order valence-corrected chi connectivity index (χ1v) is 10.4. The van der Waals surface area contributed by atoms with Gasteiger partial charge in [-0.2, -0.15) is 0 Å². The van der Waals surface area contributed by atoms with Crippen molar-refractivity contribution in [1.29, 1.82) is 0 Å². The number of ether oxygens (including phenoxy) is 1. The molecule has 0 aromatic heterocycles. The minimum atomic E-state index is 0.153. The highest BCUT2D eigenvalue weighted by Gasteiger charge is 2.26. The van der Waals surface area contributed by atoms with E-state index in [9.17, 15) is 9.59 Å². The minimum Gasteiger partial charge on any atom is -0.381 e. The fraction of sp³-hybridized carbons (Fsp3) is 0.900. The highest BCUT2D eigenvalue weighted by atomic mass is 16.5. The highest BCUT2D eigenvalue weighted by Crippen LogP contribution is 2.22. The largest absolute Gasteiger partial charge is 0.381 e. The van der Waals surface area contributed by atoms with Crippen molar-refractivity contribution in [3.8, 4) is 0 Å². The molecule has 3 saturated heterocycles. The number of hydrogen-bond donors (Lipinski definition) is 1. The van der Waals surface area contributed by atoms with Gasteiger partial charge in [-0.25, -0.2) is 0 Å². The molecule has 3 aliphatic rings. The standard InChI is InChI=1S/C20H35N3O3/c1-16(24)23-10-2-17(3-11-23)14-20(25)21-19-4-8-22(9-5-19)15-18-6-12-26-13-7-18/h17-19H,2-15H2,1H3,(H,21,25). The number of rotatable bonds is 5. The second-order valence-corrected chi connectivity index (χ2v) is 8.35. The Balaban J connectivity index is 1.30. The van der Waals surface area contributed by atoms with Crippen LogP contribution in [-0.2, 0) is 14.3 Å². The normalized spacial score (nSPS) is 24.6. The molecule has 3 heterocycles. The third-order valence-corrected chi connectivity index (χ3v) is 6.34. The van der Waals surface area contributed by atoms with Gasteiger partial charge < -0.3 is 19.9 Å². The van der Waals surface area contributed by atoms with E-state index in [1.54, 1.807) is 6.92 Å². The maximum atomic E-state index is 12.4. The van der Waals surface area contributed by atoms with Crippen molar-refractivity contribution in [2.24, 2.45) is 11.8 Å². The average molecular weight is 366 g/mol. The van der Waals surface area contributed by atoms with Crippen LogP contribution in [0, 0.1) is 11.8 Å². The van der Waals surface area contributed by atoms with Crippen LogP contribution in [-0.4, -0.2) is 73.6 Å². The molecule has 0 aromatic carbocycles. The van der Waals surface area contributed by atoms with Gasteiger partial charge in [0.1, 0.15) is 0 Å². The monoisotopic (exact) mass is 365 g/mol. The van der Waals surface area contributed by atoms with Crippen molar-refractivity contribution < 1.29 is 14.3 Å². The van der Waals surface area contributed by atoms with E-state index >= 15 is 0 Å². The molecule has 2 amide bonds. The van der Waals surface area contributed by atoms with Crippen LogP contribution in [0.15, 0.2) is 0 Å². The Bertz CT molecular complexity index is 463. The summed E-state index contributed by atoms with van der Waals surface area (Å²) in [5.41, 5.74) is 0. The summed E-state index contributed by atoms with van der Waals surface area (Å²) < 4.78 is 5.44. The highest BCUT2D eigenvalue weighted by molar-refractivity contribution is 5.76. The number of carbonyl (C=O) groups is 2. The van der Waals surface area contributed by atoms with Crippen LogP contribution >= 0.6 is 0 Å². The Labute approximate surface area is 157 Å². The Kier molecular flexibility index (Phi) is 7.32. The molecule has 6 heteroatoms. The molecule has 0 spiro atoms. The summed E-state index contributed by atoms with van der Waals surface area (Å²) in [6.07, 6.45) is 7.05. The molecular weight excluding hydrogens is 330 g/mol. The van der Waals surface area contributed by atoms with Gasteiger partial charge in [0.05, 0.1) is 0 Å². The van der Waals surface area contributed by atoms with E-state index in [-0.39, 0.29) is 11.8 Å². The van der Waals surface area contributed by atoms with Crippen LogP contribution in [0.4, 0.5) is 0 Å². The number of hydrogen-bond acceptors (Lipinski definition) is 4. The van der Waals surface area contributed by atoms with E-state index in [2.05, 4.69) is 10.2 Å². The Morgan fingerprint density at radius 3 is 2.19 bits per heavy atom. The topological polar surface area (TPSA) is 61.9 Å². The van der Waals surface area contributed by atoms with Gasteiger partial charge in [0.2, 0.25) is 11.8 Å². The lowest BCUT2D eigenvalue weighted by atomic mass is 9.92. The maximum Gasteiger partial charge on any atom is 0.220 e. The van der Waals surface area contributed by atoms with Crippen molar-refractivity contribution in [2.45, 2.75) is 57.9 Å².